The van der Waals surface area contributed by atoms with Crippen LogP contribution in [0.15, 0.2) is 29.2 Å². The summed E-state index contributed by atoms with van der Waals surface area (Å²) in [7, 11) is 1.64. The van der Waals surface area contributed by atoms with Gasteiger partial charge in [-0.1, -0.05) is 23.7 Å². The van der Waals surface area contributed by atoms with Crippen LogP contribution >= 0.6 is 11.6 Å². The van der Waals surface area contributed by atoms with Crippen molar-refractivity contribution in [2.24, 2.45) is 0 Å². The van der Waals surface area contributed by atoms with Gasteiger partial charge in [-0.2, -0.15) is 0 Å². The molecule has 164 valence electrons. The smallest absolute Gasteiger partial charge is 0.277 e. The van der Waals surface area contributed by atoms with Crippen molar-refractivity contribution in [3.05, 3.63) is 62.3 Å². The number of aromatic nitrogens is 1. The van der Waals surface area contributed by atoms with Crippen LogP contribution in [0.5, 0.6) is 5.75 Å². The van der Waals surface area contributed by atoms with E-state index in [2.05, 4.69) is 0 Å². The summed E-state index contributed by atoms with van der Waals surface area (Å²) in [5.74, 6) is -2.35. The molecule has 1 amide bonds. The van der Waals surface area contributed by atoms with Gasteiger partial charge < -0.3 is 10.0 Å². The van der Waals surface area contributed by atoms with E-state index in [4.69, 9.17) is 11.6 Å². The Bertz CT molecular complexity index is 1130. The molecule has 0 unspecified atom stereocenters. The number of hydrogen-bond donors (Lipinski definition) is 1. The van der Waals surface area contributed by atoms with Gasteiger partial charge in [0.25, 0.3) is 5.91 Å². The van der Waals surface area contributed by atoms with E-state index in [1.165, 1.54) is 27.9 Å². The average molecular weight is 448 g/mol. The molecule has 1 fully saturated rings. The second kappa shape index (κ2) is 8.00. The maximum atomic E-state index is 14.1. The Hall–Kier alpha value is -2.87. The number of Topliss-reactive ketones (excluding diaryl/α,β-unsaturated/α-hetero) is 1. The summed E-state index contributed by atoms with van der Waals surface area (Å²) < 4.78 is 15.6. The third-order valence-corrected chi connectivity index (χ3v) is 6.47. The molecule has 3 heterocycles. The molecular formula is C22H23ClFN3O4. The lowest BCUT2D eigenvalue weighted by atomic mass is 9.99. The maximum Gasteiger partial charge on any atom is 0.277 e. The van der Waals surface area contributed by atoms with E-state index in [0.29, 0.717) is 0 Å². The minimum absolute atomic E-state index is 0.0378. The number of pyridine rings is 1. The van der Waals surface area contributed by atoms with Crippen molar-refractivity contribution in [1.82, 2.24) is 9.58 Å². The molecule has 2 aliphatic rings. The lowest BCUT2D eigenvalue weighted by Gasteiger charge is -2.50. The third kappa shape index (κ3) is 3.48. The number of carbonyl (C=O) groups is 2. The van der Waals surface area contributed by atoms with Crippen molar-refractivity contribution in [1.29, 1.82) is 0 Å². The Morgan fingerprint density at radius 1 is 1.29 bits per heavy atom. The summed E-state index contributed by atoms with van der Waals surface area (Å²) in [6.07, 6.45) is 3.59. The number of fused-ring (bicyclic) bond motifs is 3. The van der Waals surface area contributed by atoms with Crippen molar-refractivity contribution in [2.75, 3.05) is 12.1 Å². The van der Waals surface area contributed by atoms with E-state index < -0.39 is 28.7 Å². The number of carbonyl (C=O) groups excluding carboxylic acids is 2. The fourth-order valence-electron chi connectivity index (χ4n) is 4.48. The summed E-state index contributed by atoms with van der Waals surface area (Å²) in [6.45, 7) is 2.00. The molecule has 2 aliphatic heterocycles. The van der Waals surface area contributed by atoms with Crippen LogP contribution in [-0.2, 0) is 6.42 Å². The Morgan fingerprint density at radius 2 is 2.03 bits per heavy atom. The van der Waals surface area contributed by atoms with Crippen LogP contribution in [-0.4, -0.2) is 45.6 Å². The lowest BCUT2D eigenvalue weighted by molar-refractivity contribution is 0.0559. The summed E-state index contributed by atoms with van der Waals surface area (Å²) in [6, 6.07) is 4.57. The Balaban J connectivity index is 1.72. The number of ketones is 1. The zero-order valence-electron chi connectivity index (χ0n) is 17.3. The first-order valence-electron chi connectivity index (χ1n) is 10.2. The maximum absolute atomic E-state index is 14.1. The molecular weight excluding hydrogens is 425 g/mol. The highest BCUT2D eigenvalue weighted by molar-refractivity contribution is 6.30. The first kappa shape index (κ1) is 21.4. The van der Waals surface area contributed by atoms with Crippen LogP contribution in [0.25, 0.3) is 0 Å². The standard InChI is InChI=1S/C22H23ClFN3O4/c1-12-5-3-8-17-25(2)22(31)19-21(30)20(29)14(11-26(19)27(12)17)16(28)10-9-13-6-4-7-15(23)18(13)24/h4,6-7,11-12,17,30H,3,5,8-10H2,1-2H3/t12-,17+/m1/s1. The molecule has 31 heavy (non-hydrogen) atoms. The lowest BCUT2D eigenvalue weighted by Crippen LogP contribution is -2.64. The minimum Gasteiger partial charge on any atom is -0.502 e. The Labute approximate surface area is 183 Å². The number of aryl methyl sites for hydroxylation is 1. The molecule has 9 heteroatoms. The van der Waals surface area contributed by atoms with Gasteiger partial charge in [-0.15, -0.1) is 0 Å². The average Bonchev–Trinajstić information content (AvgIpc) is 2.74. The van der Waals surface area contributed by atoms with Crippen molar-refractivity contribution in [3.63, 3.8) is 0 Å². The Kier molecular flexibility index (Phi) is 5.51. The van der Waals surface area contributed by atoms with E-state index in [9.17, 15) is 23.9 Å². The van der Waals surface area contributed by atoms with Crippen molar-refractivity contribution < 1.29 is 19.1 Å². The minimum atomic E-state index is -0.896. The predicted molar refractivity (Wildman–Crippen MR) is 114 cm³/mol. The summed E-state index contributed by atoms with van der Waals surface area (Å²) in [5, 5.41) is 12.5. The highest BCUT2D eigenvalue weighted by Crippen LogP contribution is 2.31. The van der Waals surface area contributed by atoms with Crippen LogP contribution < -0.4 is 10.4 Å². The normalized spacial score (nSPS) is 20.5. The quantitative estimate of drug-likeness (QED) is 0.728. The summed E-state index contributed by atoms with van der Waals surface area (Å²) in [4.78, 5) is 40.0. The molecule has 2 aromatic rings. The van der Waals surface area contributed by atoms with E-state index in [1.807, 2.05) is 11.9 Å². The number of aromatic hydroxyl groups is 1. The third-order valence-electron chi connectivity index (χ3n) is 6.18. The highest BCUT2D eigenvalue weighted by atomic mass is 35.5. The van der Waals surface area contributed by atoms with Gasteiger partial charge in [0.15, 0.2) is 17.2 Å². The molecule has 4 rings (SSSR count). The van der Waals surface area contributed by atoms with Gasteiger partial charge >= 0.3 is 0 Å². The van der Waals surface area contributed by atoms with E-state index in [-0.39, 0.29) is 46.9 Å². The zero-order chi connectivity index (χ0) is 22.4. The molecule has 1 saturated heterocycles. The SMILES string of the molecule is C[C@@H]1CCC[C@H]2N(C)C(=O)c3c(O)c(=O)c(C(=O)CCc4cccc(Cl)c4F)cn3N12. The van der Waals surface area contributed by atoms with Gasteiger partial charge in [-0.3, -0.25) is 24.1 Å². The van der Waals surface area contributed by atoms with Crippen LogP contribution in [0.4, 0.5) is 4.39 Å². The van der Waals surface area contributed by atoms with Crippen LogP contribution in [0, 0.1) is 5.82 Å². The molecule has 0 radical (unpaired) electrons. The zero-order valence-corrected chi connectivity index (χ0v) is 18.0. The van der Waals surface area contributed by atoms with Crippen molar-refractivity contribution in [3.8, 4) is 5.75 Å². The number of halogens is 2. The van der Waals surface area contributed by atoms with Crippen molar-refractivity contribution in [2.45, 2.75) is 51.2 Å². The van der Waals surface area contributed by atoms with E-state index >= 15 is 0 Å². The van der Waals surface area contributed by atoms with Crippen LogP contribution in [0.1, 0.15) is 59.0 Å². The number of piperidine rings is 1. The molecule has 1 N–H and O–H groups in total. The second-order valence-corrected chi connectivity index (χ2v) is 8.51. The number of nitrogens with zero attached hydrogens (tertiary/aromatic N) is 3. The number of benzene rings is 1. The number of hydrogen-bond acceptors (Lipinski definition) is 5. The topological polar surface area (TPSA) is 82.9 Å². The van der Waals surface area contributed by atoms with Crippen molar-refractivity contribution >= 4 is 23.3 Å². The second-order valence-electron chi connectivity index (χ2n) is 8.11. The van der Waals surface area contributed by atoms with Gasteiger partial charge in [0, 0.05) is 25.7 Å². The van der Waals surface area contributed by atoms with Gasteiger partial charge in [0.05, 0.1) is 10.6 Å². The molecule has 0 bridgehead atoms. The van der Waals surface area contributed by atoms with Gasteiger partial charge in [-0.05, 0) is 44.2 Å². The Morgan fingerprint density at radius 3 is 2.77 bits per heavy atom. The predicted octanol–water partition coefficient (Wildman–Crippen LogP) is 3.08. The van der Waals surface area contributed by atoms with Gasteiger partial charge in [-0.25, -0.2) is 4.39 Å². The van der Waals surface area contributed by atoms with E-state index in [0.717, 1.165) is 19.3 Å². The fraction of sp³-hybridized carbons (Fsp3) is 0.409. The molecule has 2 atom stereocenters. The first-order chi connectivity index (χ1) is 14.7. The van der Waals surface area contributed by atoms with Gasteiger partial charge in [0.1, 0.15) is 12.0 Å². The molecule has 0 saturated carbocycles. The number of amides is 1. The molecule has 1 aromatic heterocycles. The number of rotatable bonds is 4. The van der Waals surface area contributed by atoms with Crippen LogP contribution in [0.2, 0.25) is 5.02 Å². The largest absolute Gasteiger partial charge is 0.502 e. The van der Waals surface area contributed by atoms with Crippen LogP contribution in [0.3, 0.4) is 0 Å². The van der Waals surface area contributed by atoms with E-state index in [1.54, 1.807) is 13.1 Å². The molecule has 0 spiro atoms. The fourth-order valence-corrected chi connectivity index (χ4v) is 4.67. The summed E-state index contributed by atoms with van der Waals surface area (Å²) in [5.41, 5.74) is -0.996. The molecule has 1 aromatic carbocycles. The summed E-state index contributed by atoms with van der Waals surface area (Å²) >= 11 is 5.79. The first-order valence-corrected chi connectivity index (χ1v) is 10.6. The molecule has 7 nitrogen and oxygen atoms in total. The highest BCUT2D eigenvalue weighted by Gasteiger charge is 2.42. The monoisotopic (exact) mass is 447 g/mol. The van der Waals surface area contributed by atoms with Gasteiger partial charge in [0.2, 0.25) is 5.43 Å². The molecule has 0 aliphatic carbocycles.